The van der Waals surface area contributed by atoms with Gasteiger partial charge in [0.2, 0.25) is 11.8 Å². The van der Waals surface area contributed by atoms with Gasteiger partial charge in [-0.05, 0) is 63.2 Å². The van der Waals surface area contributed by atoms with Crippen molar-refractivity contribution >= 4 is 22.9 Å². The van der Waals surface area contributed by atoms with Crippen LogP contribution in [0.1, 0.15) is 42.8 Å². The van der Waals surface area contributed by atoms with Gasteiger partial charge in [0, 0.05) is 5.69 Å². The third kappa shape index (κ3) is 5.10. The minimum absolute atomic E-state index is 0.0356. The van der Waals surface area contributed by atoms with Gasteiger partial charge in [0.25, 0.3) is 5.89 Å². The molecule has 7 heteroatoms. The second kappa shape index (κ2) is 9.33. The lowest BCUT2D eigenvalue weighted by atomic mass is 10.0. The van der Waals surface area contributed by atoms with Gasteiger partial charge in [0.1, 0.15) is 0 Å². The van der Waals surface area contributed by atoms with E-state index in [0.717, 1.165) is 34.7 Å². The average molecular weight is 413 g/mol. The van der Waals surface area contributed by atoms with Crippen LogP contribution >= 0.6 is 11.3 Å². The maximum Gasteiger partial charge on any atom is 0.257 e. The molecule has 2 aromatic heterocycles. The van der Waals surface area contributed by atoms with Gasteiger partial charge in [-0.2, -0.15) is 0 Å². The van der Waals surface area contributed by atoms with E-state index in [1.165, 1.54) is 5.56 Å². The van der Waals surface area contributed by atoms with E-state index in [2.05, 4.69) is 46.4 Å². The lowest BCUT2D eigenvalue weighted by Gasteiger charge is -2.27. The summed E-state index contributed by atoms with van der Waals surface area (Å²) < 4.78 is 5.82. The molecule has 29 heavy (non-hydrogen) atoms. The molecule has 6 nitrogen and oxygen atoms in total. The zero-order chi connectivity index (χ0) is 21.0. The maximum absolute atomic E-state index is 13.0. The number of benzene rings is 1. The van der Waals surface area contributed by atoms with E-state index < -0.39 is 0 Å². The van der Waals surface area contributed by atoms with E-state index in [9.17, 15) is 4.79 Å². The van der Waals surface area contributed by atoms with Crippen LogP contribution in [0.25, 0.3) is 10.8 Å². The molecule has 0 bridgehead atoms. The Kier molecular flexibility index (Phi) is 6.82. The predicted octanol–water partition coefficient (Wildman–Crippen LogP) is 4.96. The molecule has 0 spiro atoms. The van der Waals surface area contributed by atoms with Gasteiger partial charge in [0.05, 0.1) is 17.5 Å². The molecule has 0 fully saturated rings. The Hall–Kier alpha value is -2.51. The number of thiophene rings is 1. The van der Waals surface area contributed by atoms with E-state index in [0.29, 0.717) is 18.3 Å². The van der Waals surface area contributed by atoms with Gasteiger partial charge in [-0.1, -0.05) is 30.7 Å². The van der Waals surface area contributed by atoms with Crippen molar-refractivity contribution in [2.45, 2.75) is 53.6 Å². The van der Waals surface area contributed by atoms with Crippen molar-refractivity contribution in [3.63, 3.8) is 0 Å². The number of rotatable bonds is 8. The lowest BCUT2D eigenvalue weighted by Crippen LogP contribution is -2.42. The van der Waals surface area contributed by atoms with Crippen LogP contribution in [0.5, 0.6) is 0 Å². The highest BCUT2D eigenvalue weighted by Crippen LogP contribution is 2.25. The molecular weight excluding hydrogens is 384 g/mol. The molecule has 1 atom stereocenters. The van der Waals surface area contributed by atoms with Crippen LogP contribution in [0.3, 0.4) is 0 Å². The molecule has 1 N–H and O–H groups in total. The van der Waals surface area contributed by atoms with Crippen LogP contribution in [0.2, 0.25) is 0 Å². The summed E-state index contributed by atoms with van der Waals surface area (Å²) in [6.07, 6.45) is 0.923. The third-order valence-electron chi connectivity index (χ3n) is 4.90. The zero-order valence-corrected chi connectivity index (χ0v) is 18.5. The van der Waals surface area contributed by atoms with Gasteiger partial charge in [-0.25, -0.2) is 0 Å². The van der Waals surface area contributed by atoms with Gasteiger partial charge in [-0.15, -0.1) is 21.5 Å². The lowest BCUT2D eigenvalue weighted by molar-refractivity contribution is -0.121. The van der Waals surface area contributed by atoms with E-state index in [-0.39, 0.29) is 11.9 Å². The number of carbonyl (C=O) groups excluding carboxylic acids is 1. The molecule has 3 aromatic rings. The van der Waals surface area contributed by atoms with Crippen LogP contribution in [-0.2, 0) is 11.3 Å². The molecule has 0 aliphatic rings. The fraction of sp³-hybridized carbons (Fsp3) is 0.409. The first-order chi connectivity index (χ1) is 13.9. The normalized spacial score (nSPS) is 12.3. The first kappa shape index (κ1) is 21.2. The molecule has 0 saturated heterocycles. The van der Waals surface area contributed by atoms with Crippen LogP contribution in [-0.4, -0.2) is 33.6 Å². The highest BCUT2D eigenvalue weighted by molar-refractivity contribution is 7.13. The summed E-state index contributed by atoms with van der Waals surface area (Å²) in [6.45, 7) is 11.3. The Morgan fingerprint density at radius 2 is 1.97 bits per heavy atom. The second-order valence-corrected chi connectivity index (χ2v) is 8.34. The smallest absolute Gasteiger partial charge is 0.257 e. The predicted molar refractivity (Wildman–Crippen MR) is 117 cm³/mol. The topological polar surface area (TPSA) is 71.3 Å². The Bertz CT molecular complexity index is 942. The molecule has 2 heterocycles. The maximum atomic E-state index is 13.0. The summed E-state index contributed by atoms with van der Waals surface area (Å²) in [7, 11) is 0. The third-order valence-corrected chi connectivity index (χ3v) is 5.76. The van der Waals surface area contributed by atoms with E-state index in [1.54, 1.807) is 11.3 Å². The molecule has 3 rings (SSSR count). The number of carbonyl (C=O) groups is 1. The SMILES string of the molecule is CCCN(Cc1nnc(-c2cccs2)o1)[C@@H](C)C(=O)Nc1c(C)cc(C)cc1C. The standard InChI is InChI=1S/C22H28N4O2S/c1-6-9-26(13-19-24-25-22(28-19)18-8-7-10-29-18)17(5)21(27)23-20-15(3)11-14(2)12-16(20)4/h7-8,10-12,17H,6,9,13H2,1-5H3,(H,23,27)/t17-/m0/s1. The van der Waals surface area contributed by atoms with Crippen molar-refractivity contribution < 1.29 is 9.21 Å². The molecule has 0 unspecified atom stereocenters. The summed E-state index contributed by atoms with van der Waals surface area (Å²) in [4.78, 5) is 16.0. The first-order valence-corrected chi connectivity index (χ1v) is 10.8. The number of aryl methyl sites for hydroxylation is 3. The van der Waals surface area contributed by atoms with Gasteiger partial charge < -0.3 is 9.73 Å². The molecule has 1 aromatic carbocycles. The van der Waals surface area contributed by atoms with Gasteiger partial charge >= 0.3 is 0 Å². The van der Waals surface area contributed by atoms with Gasteiger partial charge in [-0.3, -0.25) is 9.69 Å². The Morgan fingerprint density at radius 1 is 1.24 bits per heavy atom. The number of amides is 1. The molecule has 154 valence electrons. The second-order valence-electron chi connectivity index (χ2n) is 7.39. The van der Waals surface area contributed by atoms with Crippen LogP contribution < -0.4 is 5.32 Å². The number of hydrogen-bond acceptors (Lipinski definition) is 6. The zero-order valence-electron chi connectivity index (χ0n) is 17.7. The fourth-order valence-corrected chi connectivity index (χ4v) is 4.10. The van der Waals surface area contributed by atoms with Crippen LogP contribution in [0.15, 0.2) is 34.1 Å². The molecular formula is C22H28N4O2S. The number of nitrogens with zero attached hydrogens (tertiary/aromatic N) is 3. The highest BCUT2D eigenvalue weighted by atomic mass is 32.1. The van der Waals surface area contributed by atoms with Crippen molar-refractivity contribution in [1.29, 1.82) is 0 Å². The minimum Gasteiger partial charge on any atom is -0.419 e. The number of aromatic nitrogens is 2. The van der Waals surface area contributed by atoms with Crippen molar-refractivity contribution in [2.24, 2.45) is 0 Å². The van der Waals surface area contributed by atoms with E-state index >= 15 is 0 Å². The monoisotopic (exact) mass is 412 g/mol. The van der Waals surface area contributed by atoms with Crippen molar-refractivity contribution in [1.82, 2.24) is 15.1 Å². The summed E-state index contributed by atoms with van der Waals surface area (Å²) in [6, 6.07) is 7.75. The number of anilines is 1. The van der Waals surface area contributed by atoms with E-state index in [4.69, 9.17) is 4.42 Å². The summed E-state index contributed by atoms with van der Waals surface area (Å²) in [5, 5.41) is 13.4. The molecule has 0 radical (unpaired) electrons. The Balaban J connectivity index is 1.72. The van der Waals surface area contributed by atoms with Crippen molar-refractivity contribution in [2.75, 3.05) is 11.9 Å². The fourth-order valence-electron chi connectivity index (χ4n) is 3.46. The summed E-state index contributed by atoms with van der Waals surface area (Å²) >= 11 is 1.56. The number of nitrogens with one attached hydrogen (secondary N) is 1. The molecule has 1 amide bonds. The first-order valence-electron chi connectivity index (χ1n) is 9.88. The minimum atomic E-state index is -0.327. The van der Waals surface area contributed by atoms with Crippen LogP contribution in [0.4, 0.5) is 5.69 Å². The quantitative estimate of drug-likeness (QED) is 0.566. The molecule has 0 saturated carbocycles. The largest absolute Gasteiger partial charge is 0.419 e. The van der Waals surface area contributed by atoms with Crippen LogP contribution in [0, 0.1) is 20.8 Å². The molecule has 0 aliphatic heterocycles. The highest BCUT2D eigenvalue weighted by Gasteiger charge is 2.24. The summed E-state index contributed by atoms with van der Waals surface area (Å²) in [5.41, 5.74) is 4.23. The van der Waals surface area contributed by atoms with Crippen molar-refractivity contribution in [3.05, 3.63) is 52.2 Å². The number of hydrogen-bond donors (Lipinski definition) is 1. The van der Waals surface area contributed by atoms with Crippen molar-refractivity contribution in [3.8, 4) is 10.8 Å². The van der Waals surface area contributed by atoms with E-state index in [1.807, 2.05) is 38.3 Å². The van der Waals surface area contributed by atoms with Gasteiger partial charge in [0.15, 0.2) is 0 Å². The Morgan fingerprint density at radius 3 is 2.59 bits per heavy atom. The molecule has 0 aliphatic carbocycles. The summed E-state index contributed by atoms with van der Waals surface area (Å²) in [5.74, 6) is 1.00. The average Bonchev–Trinajstić information content (AvgIpc) is 3.35. The Labute approximate surface area is 176 Å².